The van der Waals surface area contributed by atoms with Crippen LogP contribution in [0.15, 0.2) is 12.7 Å². The molecule has 1 amide bonds. The summed E-state index contributed by atoms with van der Waals surface area (Å²) < 4.78 is 5.08. The normalized spacial score (nSPS) is 23.9. The maximum atomic E-state index is 12.0. The zero-order valence-corrected chi connectivity index (χ0v) is 10.5. The summed E-state index contributed by atoms with van der Waals surface area (Å²) in [6.07, 6.45) is 6.06. The zero-order valence-electron chi connectivity index (χ0n) is 10.5. The molecule has 17 heavy (non-hydrogen) atoms. The number of amides is 1. The number of hydrogen-bond acceptors (Lipinski definition) is 3. The summed E-state index contributed by atoms with van der Waals surface area (Å²) in [4.78, 5) is 23.5. The van der Waals surface area contributed by atoms with Crippen molar-refractivity contribution in [3.8, 4) is 0 Å². The van der Waals surface area contributed by atoms with Crippen LogP contribution in [0.1, 0.15) is 45.4 Å². The van der Waals surface area contributed by atoms with Crippen molar-refractivity contribution in [1.29, 1.82) is 0 Å². The van der Waals surface area contributed by atoms with Gasteiger partial charge in [-0.25, -0.2) is 4.79 Å². The molecule has 0 aromatic rings. The third-order valence-corrected chi connectivity index (χ3v) is 3.06. The number of nitrogens with one attached hydrogen (secondary N) is 1. The Kier molecular flexibility index (Phi) is 5.19. The van der Waals surface area contributed by atoms with Gasteiger partial charge in [-0.15, -0.1) is 6.58 Å². The average Bonchev–Trinajstić information content (AvgIpc) is 2.30. The van der Waals surface area contributed by atoms with E-state index in [0.717, 1.165) is 19.3 Å². The van der Waals surface area contributed by atoms with Gasteiger partial charge in [-0.05, 0) is 39.0 Å². The van der Waals surface area contributed by atoms with Crippen molar-refractivity contribution in [2.75, 3.05) is 6.61 Å². The molecular weight excluding hydrogens is 218 g/mol. The second-order valence-corrected chi connectivity index (χ2v) is 4.39. The summed E-state index contributed by atoms with van der Waals surface area (Å²) >= 11 is 0. The molecule has 0 unspecified atom stereocenters. The highest BCUT2D eigenvalue weighted by Crippen LogP contribution is 2.27. The van der Waals surface area contributed by atoms with Crippen LogP contribution in [0.5, 0.6) is 0 Å². The Balaban J connectivity index is 2.71. The molecule has 1 atom stereocenters. The smallest absolute Gasteiger partial charge is 0.331 e. The standard InChI is InChI=1S/C13H21NO3/c1-3-5-6-9-13(12(16)17-4-2)10-7-8-11(15)14-13/h3H,1,4-10H2,2H3,(H,14,15)/t13-/m1/s1. The van der Waals surface area contributed by atoms with Crippen LogP contribution in [0.25, 0.3) is 0 Å². The molecule has 1 aliphatic rings. The molecule has 96 valence electrons. The van der Waals surface area contributed by atoms with Crippen LogP contribution in [0, 0.1) is 0 Å². The highest BCUT2D eigenvalue weighted by atomic mass is 16.5. The van der Waals surface area contributed by atoms with Gasteiger partial charge in [0, 0.05) is 6.42 Å². The fraction of sp³-hybridized carbons (Fsp3) is 0.692. The lowest BCUT2D eigenvalue weighted by Gasteiger charge is -2.35. The van der Waals surface area contributed by atoms with Crippen molar-refractivity contribution in [2.24, 2.45) is 0 Å². The molecule has 1 rings (SSSR count). The van der Waals surface area contributed by atoms with Gasteiger partial charge in [-0.3, -0.25) is 4.79 Å². The zero-order chi connectivity index (χ0) is 12.7. The van der Waals surface area contributed by atoms with Crippen LogP contribution >= 0.6 is 0 Å². The lowest BCUT2D eigenvalue weighted by atomic mass is 9.84. The van der Waals surface area contributed by atoms with Gasteiger partial charge in [0.25, 0.3) is 0 Å². The van der Waals surface area contributed by atoms with E-state index < -0.39 is 5.54 Å². The Morgan fingerprint density at radius 2 is 2.41 bits per heavy atom. The van der Waals surface area contributed by atoms with Crippen LogP contribution < -0.4 is 5.32 Å². The van der Waals surface area contributed by atoms with Crippen molar-refractivity contribution < 1.29 is 14.3 Å². The SMILES string of the molecule is C=CCCC[C@]1(C(=O)OCC)CCCC(=O)N1. The van der Waals surface area contributed by atoms with E-state index in [9.17, 15) is 9.59 Å². The molecule has 1 heterocycles. The third kappa shape index (κ3) is 3.58. The summed E-state index contributed by atoms with van der Waals surface area (Å²) in [7, 11) is 0. The highest BCUT2D eigenvalue weighted by molar-refractivity contribution is 5.89. The van der Waals surface area contributed by atoms with Crippen LogP contribution in [0.3, 0.4) is 0 Å². The Hall–Kier alpha value is -1.32. The fourth-order valence-corrected chi connectivity index (χ4v) is 2.20. The first-order chi connectivity index (χ1) is 8.14. The maximum absolute atomic E-state index is 12.0. The highest BCUT2D eigenvalue weighted by Gasteiger charge is 2.42. The van der Waals surface area contributed by atoms with E-state index in [1.165, 1.54) is 0 Å². The molecule has 0 spiro atoms. The molecule has 0 aliphatic carbocycles. The summed E-state index contributed by atoms with van der Waals surface area (Å²) in [6, 6.07) is 0. The van der Waals surface area contributed by atoms with Crippen molar-refractivity contribution in [1.82, 2.24) is 5.32 Å². The summed E-state index contributed by atoms with van der Waals surface area (Å²) in [5, 5.41) is 2.83. The van der Waals surface area contributed by atoms with E-state index in [4.69, 9.17) is 4.74 Å². The molecule has 1 N–H and O–H groups in total. The van der Waals surface area contributed by atoms with Gasteiger partial charge in [0.2, 0.25) is 5.91 Å². The molecule has 1 saturated heterocycles. The van der Waals surface area contributed by atoms with Crippen molar-refractivity contribution in [3.05, 3.63) is 12.7 Å². The van der Waals surface area contributed by atoms with Crippen molar-refractivity contribution >= 4 is 11.9 Å². The van der Waals surface area contributed by atoms with E-state index in [-0.39, 0.29) is 11.9 Å². The number of hydrogen-bond donors (Lipinski definition) is 1. The monoisotopic (exact) mass is 239 g/mol. The first kappa shape index (κ1) is 13.7. The summed E-state index contributed by atoms with van der Waals surface area (Å²) in [5.74, 6) is -0.347. The summed E-state index contributed by atoms with van der Waals surface area (Å²) in [5.41, 5.74) is -0.797. The Bertz CT molecular complexity index is 301. The van der Waals surface area contributed by atoms with Crippen LogP contribution in [0.4, 0.5) is 0 Å². The topological polar surface area (TPSA) is 55.4 Å². The molecule has 0 aromatic heterocycles. The van der Waals surface area contributed by atoms with Gasteiger partial charge < -0.3 is 10.1 Å². The van der Waals surface area contributed by atoms with Crippen LogP contribution in [-0.4, -0.2) is 24.0 Å². The number of esters is 1. The number of allylic oxidation sites excluding steroid dienone is 1. The molecule has 1 fully saturated rings. The molecule has 0 saturated carbocycles. The minimum Gasteiger partial charge on any atom is -0.464 e. The van der Waals surface area contributed by atoms with Gasteiger partial charge in [0.1, 0.15) is 5.54 Å². The molecule has 1 aliphatic heterocycles. The van der Waals surface area contributed by atoms with Crippen LogP contribution in [-0.2, 0) is 14.3 Å². The van der Waals surface area contributed by atoms with Crippen molar-refractivity contribution in [3.63, 3.8) is 0 Å². The second-order valence-electron chi connectivity index (χ2n) is 4.39. The quantitative estimate of drug-likeness (QED) is 0.438. The molecular formula is C13H21NO3. The van der Waals surface area contributed by atoms with Gasteiger partial charge in [-0.1, -0.05) is 6.08 Å². The number of ether oxygens (including phenoxy) is 1. The molecule has 4 heteroatoms. The molecule has 0 bridgehead atoms. The Labute approximate surface area is 102 Å². The van der Waals surface area contributed by atoms with E-state index in [1.807, 2.05) is 6.08 Å². The Morgan fingerprint density at radius 1 is 1.65 bits per heavy atom. The number of unbranched alkanes of at least 4 members (excludes halogenated alkanes) is 1. The number of carbonyl (C=O) groups is 2. The van der Waals surface area contributed by atoms with E-state index >= 15 is 0 Å². The minimum absolute atomic E-state index is 0.0529. The van der Waals surface area contributed by atoms with E-state index in [1.54, 1.807) is 6.92 Å². The summed E-state index contributed by atoms with van der Waals surface area (Å²) in [6.45, 7) is 5.78. The first-order valence-corrected chi connectivity index (χ1v) is 6.24. The number of piperidine rings is 1. The predicted molar refractivity (Wildman–Crippen MR) is 65.4 cm³/mol. The number of carbonyl (C=O) groups excluding carboxylic acids is 2. The van der Waals surface area contributed by atoms with Crippen LogP contribution in [0.2, 0.25) is 0 Å². The third-order valence-electron chi connectivity index (χ3n) is 3.06. The lowest BCUT2D eigenvalue weighted by Crippen LogP contribution is -2.57. The lowest BCUT2D eigenvalue weighted by molar-refractivity contribution is -0.155. The van der Waals surface area contributed by atoms with Gasteiger partial charge in [0.05, 0.1) is 6.61 Å². The van der Waals surface area contributed by atoms with Gasteiger partial charge in [0.15, 0.2) is 0 Å². The average molecular weight is 239 g/mol. The number of rotatable bonds is 6. The minimum atomic E-state index is -0.797. The Morgan fingerprint density at radius 3 is 3.00 bits per heavy atom. The predicted octanol–water partition coefficient (Wildman–Crippen LogP) is 1.94. The molecule has 0 aromatic carbocycles. The molecule has 0 radical (unpaired) electrons. The van der Waals surface area contributed by atoms with Crippen molar-refractivity contribution in [2.45, 2.75) is 51.0 Å². The first-order valence-electron chi connectivity index (χ1n) is 6.24. The van der Waals surface area contributed by atoms with E-state index in [2.05, 4.69) is 11.9 Å². The molecule has 4 nitrogen and oxygen atoms in total. The fourth-order valence-electron chi connectivity index (χ4n) is 2.20. The maximum Gasteiger partial charge on any atom is 0.331 e. The second kappa shape index (κ2) is 6.42. The van der Waals surface area contributed by atoms with Gasteiger partial charge in [-0.2, -0.15) is 0 Å². The largest absolute Gasteiger partial charge is 0.464 e. The van der Waals surface area contributed by atoms with E-state index in [0.29, 0.717) is 25.9 Å². The van der Waals surface area contributed by atoms with Gasteiger partial charge >= 0.3 is 5.97 Å².